The van der Waals surface area contributed by atoms with Crippen LogP contribution in [0.1, 0.15) is 24.8 Å². The van der Waals surface area contributed by atoms with Gasteiger partial charge in [-0.1, -0.05) is 6.07 Å². The van der Waals surface area contributed by atoms with E-state index in [-0.39, 0.29) is 17.1 Å². The van der Waals surface area contributed by atoms with Gasteiger partial charge in [0.05, 0.1) is 26.4 Å². The van der Waals surface area contributed by atoms with Crippen molar-refractivity contribution in [3.05, 3.63) is 29.6 Å². The van der Waals surface area contributed by atoms with Gasteiger partial charge < -0.3 is 9.47 Å². The molecule has 0 saturated heterocycles. The van der Waals surface area contributed by atoms with E-state index in [1.807, 2.05) is 0 Å². The molecule has 1 aromatic rings. The van der Waals surface area contributed by atoms with Gasteiger partial charge in [-0.2, -0.15) is 0 Å². The van der Waals surface area contributed by atoms with E-state index in [0.717, 1.165) is 12.8 Å². The van der Waals surface area contributed by atoms with Crippen LogP contribution >= 0.6 is 0 Å². The van der Waals surface area contributed by atoms with Crippen molar-refractivity contribution in [2.75, 3.05) is 20.0 Å². The average molecular weight is 314 g/mol. The number of hydrogen-bond acceptors (Lipinski definition) is 4. The van der Waals surface area contributed by atoms with Gasteiger partial charge in [0.25, 0.3) is 0 Å². The van der Waals surface area contributed by atoms with Crippen molar-refractivity contribution < 1.29 is 22.9 Å². The van der Waals surface area contributed by atoms with E-state index in [9.17, 15) is 13.4 Å². The monoisotopic (exact) mass is 314 g/mol. The molecule has 1 saturated carbocycles. The van der Waals surface area contributed by atoms with Gasteiger partial charge in [0.1, 0.15) is 11.6 Å². The Hall–Kier alpha value is -1.43. The van der Waals surface area contributed by atoms with Gasteiger partial charge in [-0.15, -0.1) is 0 Å². The van der Waals surface area contributed by atoms with E-state index < -0.39 is 16.6 Å². The van der Waals surface area contributed by atoms with Gasteiger partial charge in [0.2, 0.25) is 0 Å². The van der Waals surface area contributed by atoms with Crippen molar-refractivity contribution in [3.8, 4) is 5.75 Å². The van der Waals surface area contributed by atoms with E-state index in [4.69, 9.17) is 4.74 Å². The number of methoxy groups -OCH3 is 2. The Morgan fingerprint density at radius 1 is 1.38 bits per heavy atom. The third kappa shape index (κ3) is 4.27. The zero-order valence-electron chi connectivity index (χ0n) is 12.2. The zero-order chi connectivity index (χ0) is 15.5. The molecule has 1 aliphatic carbocycles. The number of ether oxygens (including phenoxy) is 2. The Morgan fingerprint density at radius 2 is 2.10 bits per heavy atom. The van der Waals surface area contributed by atoms with Gasteiger partial charge in [-0.05, 0) is 24.3 Å². The summed E-state index contributed by atoms with van der Waals surface area (Å²) in [4.78, 5) is 11.3. The van der Waals surface area contributed by atoms with Crippen molar-refractivity contribution in [1.82, 2.24) is 0 Å². The molecular formula is C15H19FO4S. The number of hydrogen-bond donors (Lipinski definition) is 0. The number of halogens is 1. The molecule has 21 heavy (non-hydrogen) atoms. The maximum absolute atomic E-state index is 13.8. The molecule has 116 valence electrons. The summed E-state index contributed by atoms with van der Waals surface area (Å²) in [6, 6.07) is 4.52. The van der Waals surface area contributed by atoms with Gasteiger partial charge in [0, 0.05) is 28.2 Å². The minimum absolute atomic E-state index is 0.152. The summed E-state index contributed by atoms with van der Waals surface area (Å²) in [5, 5.41) is 0. The predicted molar refractivity (Wildman–Crippen MR) is 78.0 cm³/mol. The average Bonchev–Trinajstić information content (AvgIpc) is 3.19. The highest BCUT2D eigenvalue weighted by molar-refractivity contribution is 7.84. The first-order valence-electron chi connectivity index (χ1n) is 6.72. The minimum Gasteiger partial charge on any atom is -0.497 e. The fraction of sp³-hybridized carbons (Fsp3) is 0.533. The molecule has 4 nitrogen and oxygen atoms in total. The van der Waals surface area contributed by atoms with Crippen LogP contribution < -0.4 is 4.74 Å². The van der Waals surface area contributed by atoms with Crippen LogP contribution in [0.4, 0.5) is 4.39 Å². The highest BCUT2D eigenvalue weighted by Gasteiger charge is 2.45. The Bertz CT molecular complexity index is 555. The van der Waals surface area contributed by atoms with Crippen LogP contribution in [0.25, 0.3) is 0 Å². The molecule has 0 amide bonds. The molecule has 1 aromatic carbocycles. The molecule has 0 aromatic heterocycles. The van der Waals surface area contributed by atoms with Crippen molar-refractivity contribution in [2.45, 2.75) is 25.0 Å². The maximum Gasteiger partial charge on any atom is 0.306 e. The third-order valence-corrected chi connectivity index (χ3v) is 5.32. The highest BCUT2D eigenvalue weighted by Crippen LogP contribution is 2.49. The van der Waals surface area contributed by atoms with Crippen LogP contribution in [-0.4, -0.2) is 30.2 Å². The van der Waals surface area contributed by atoms with Crippen LogP contribution in [0.3, 0.4) is 0 Å². The zero-order valence-corrected chi connectivity index (χ0v) is 13.0. The quantitative estimate of drug-likeness (QED) is 0.725. The molecule has 1 unspecified atom stereocenters. The summed E-state index contributed by atoms with van der Waals surface area (Å²) in [6.07, 6.45) is 2.04. The van der Waals surface area contributed by atoms with Crippen molar-refractivity contribution >= 4 is 16.8 Å². The second-order valence-electron chi connectivity index (χ2n) is 5.44. The molecule has 1 aliphatic rings. The number of benzene rings is 1. The van der Waals surface area contributed by atoms with E-state index in [1.165, 1.54) is 20.3 Å². The highest BCUT2D eigenvalue weighted by atomic mass is 32.2. The van der Waals surface area contributed by atoms with Crippen LogP contribution in [0.2, 0.25) is 0 Å². The van der Waals surface area contributed by atoms with E-state index >= 15 is 0 Å². The standard InChI is InChI=1S/C15H19FO4S/c1-19-12-4-3-11(13(16)7-12)9-21(18)10-15(5-6-15)8-14(17)20-2/h3-4,7H,5-6,8-10H2,1-2H3. The van der Waals surface area contributed by atoms with Crippen LogP contribution in [-0.2, 0) is 26.1 Å². The van der Waals surface area contributed by atoms with Gasteiger partial charge >= 0.3 is 5.97 Å². The molecule has 0 N–H and O–H groups in total. The molecule has 0 spiro atoms. The van der Waals surface area contributed by atoms with Crippen molar-refractivity contribution in [3.63, 3.8) is 0 Å². The largest absolute Gasteiger partial charge is 0.497 e. The Kier molecular flexibility index (Phi) is 4.98. The Morgan fingerprint density at radius 3 is 2.62 bits per heavy atom. The van der Waals surface area contributed by atoms with Crippen LogP contribution in [0.15, 0.2) is 18.2 Å². The molecule has 1 atom stereocenters. The van der Waals surface area contributed by atoms with Gasteiger partial charge in [0.15, 0.2) is 0 Å². The fourth-order valence-corrected chi connectivity index (χ4v) is 4.02. The smallest absolute Gasteiger partial charge is 0.306 e. The lowest BCUT2D eigenvalue weighted by atomic mass is 10.1. The first-order valence-corrected chi connectivity index (χ1v) is 8.21. The SMILES string of the molecule is COC(=O)CC1(CS(=O)Cc2ccc(OC)cc2F)CC1. The summed E-state index contributed by atoms with van der Waals surface area (Å²) in [6.45, 7) is 0. The lowest BCUT2D eigenvalue weighted by molar-refractivity contribution is -0.141. The molecule has 0 radical (unpaired) electrons. The van der Waals surface area contributed by atoms with E-state index in [0.29, 0.717) is 23.5 Å². The number of carbonyl (C=O) groups is 1. The normalized spacial score (nSPS) is 17.1. The lowest BCUT2D eigenvalue weighted by Gasteiger charge is -2.13. The van der Waals surface area contributed by atoms with Crippen LogP contribution in [0.5, 0.6) is 5.75 Å². The molecule has 6 heteroatoms. The van der Waals surface area contributed by atoms with Crippen LogP contribution in [0, 0.1) is 11.2 Å². The minimum atomic E-state index is -1.20. The van der Waals surface area contributed by atoms with Crippen molar-refractivity contribution in [2.24, 2.45) is 5.41 Å². The lowest BCUT2D eigenvalue weighted by Crippen LogP contribution is -2.18. The summed E-state index contributed by atoms with van der Waals surface area (Å²) in [5.41, 5.74) is 0.198. The summed E-state index contributed by atoms with van der Waals surface area (Å²) < 4.78 is 35.6. The Balaban J connectivity index is 1.94. The predicted octanol–water partition coefficient (Wildman–Crippen LogP) is 2.43. The summed E-state index contributed by atoms with van der Waals surface area (Å²) >= 11 is 0. The van der Waals surface area contributed by atoms with Crippen molar-refractivity contribution in [1.29, 1.82) is 0 Å². The van der Waals surface area contributed by atoms with E-state index in [1.54, 1.807) is 12.1 Å². The molecule has 0 bridgehead atoms. The summed E-state index contributed by atoms with van der Waals surface area (Å²) in [5.74, 6) is 0.304. The maximum atomic E-state index is 13.8. The Labute approximate surface area is 126 Å². The topological polar surface area (TPSA) is 52.6 Å². The molecule has 1 fully saturated rings. The third-order valence-electron chi connectivity index (χ3n) is 3.75. The van der Waals surface area contributed by atoms with Gasteiger partial charge in [-0.3, -0.25) is 9.00 Å². The molecule has 0 aliphatic heterocycles. The number of esters is 1. The molecule has 0 heterocycles. The fourth-order valence-electron chi connectivity index (χ4n) is 2.27. The first-order chi connectivity index (χ1) is 9.98. The number of carbonyl (C=O) groups excluding carboxylic acids is 1. The second kappa shape index (κ2) is 6.56. The first kappa shape index (κ1) is 15.9. The molecule has 2 rings (SSSR count). The van der Waals surface area contributed by atoms with Gasteiger partial charge in [-0.25, -0.2) is 4.39 Å². The van der Waals surface area contributed by atoms with E-state index in [2.05, 4.69) is 4.74 Å². The summed E-state index contributed by atoms with van der Waals surface area (Å²) in [7, 11) is 1.61. The number of rotatable bonds is 7. The second-order valence-corrected chi connectivity index (χ2v) is 6.90. The molecular weight excluding hydrogens is 295 g/mol.